The fourth-order valence-corrected chi connectivity index (χ4v) is 2.86. The molecule has 3 rings (SSSR count). The lowest BCUT2D eigenvalue weighted by atomic mass is 10.1. The largest absolute Gasteiger partial charge is 0.476 e. The number of carboxylic acid groups (broad SMARTS) is 1. The second-order valence-electron chi connectivity index (χ2n) is 5.71. The van der Waals surface area contributed by atoms with Crippen molar-refractivity contribution in [1.82, 2.24) is 14.9 Å². The molecule has 0 aliphatic carbocycles. The minimum Gasteiger partial charge on any atom is -0.476 e. The van der Waals surface area contributed by atoms with Crippen LogP contribution in [-0.4, -0.2) is 50.8 Å². The number of anilines is 1. The van der Waals surface area contributed by atoms with Gasteiger partial charge in [0.1, 0.15) is 0 Å². The Morgan fingerprint density at radius 3 is 2.38 bits per heavy atom. The molecule has 8 nitrogen and oxygen atoms in total. The number of hydrogen-bond acceptors (Lipinski definition) is 5. The summed E-state index contributed by atoms with van der Waals surface area (Å²) < 4.78 is 0. The molecule has 2 N–H and O–H groups in total. The van der Waals surface area contributed by atoms with Crippen molar-refractivity contribution in [2.24, 2.45) is 0 Å². The highest BCUT2D eigenvalue weighted by Gasteiger charge is 2.22. The van der Waals surface area contributed by atoms with E-state index in [-0.39, 0.29) is 22.3 Å². The first-order valence-electron chi connectivity index (χ1n) is 7.92. The Morgan fingerprint density at radius 1 is 1.08 bits per heavy atom. The maximum Gasteiger partial charge on any atom is 0.356 e. The number of halogens is 1. The molecule has 0 spiro atoms. The minimum atomic E-state index is -1.37. The summed E-state index contributed by atoms with van der Waals surface area (Å²) in [5.74, 6) is -2.28. The number of nitrogens with zero attached hydrogens (tertiary/aromatic N) is 3. The second-order valence-corrected chi connectivity index (χ2v) is 6.11. The van der Waals surface area contributed by atoms with Crippen LogP contribution in [0.1, 0.15) is 44.2 Å². The van der Waals surface area contributed by atoms with Crippen LogP contribution in [0.4, 0.5) is 5.69 Å². The number of rotatable bonds is 4. The quantitative estimate of drug-likeness (QED) is 0.849. The molecule has 1 saturated heterocycles. The molecule has 2 heterocycles. The lowest BCUT2D eigenvalue weighted by Crippen LogP contribution is -2.27. The second kappa shape index (κ2) is 7.49. The Bertz CT molecular complexity index is 881. The molecule has 0 unspecified atom stereocenters. The molecular weight excluding hydrogens is 360 g/mol. The molecule has 2 amide bonds. The summed E-state index contributed by atoms with van der Waals surface area (Å²) >= 11 is 6.10. The van der Waals surface area contributed by atoms with Crippen LogP contribution in [0.5, 0.6) is 0 Å². The predicted octanol–water partition coefficient (Wildman–Crippen LogP) is 2.32. The average Bonchev–Trinajstić information content (AvgIpc) is 3.17. The van der Waals surface area contributed by atoms with Crippen LogP contribution in [0, 0.1) is 0 Å². The molecule has 0 bridgehead atoms. The first kappa shape index (κ1) is 17.8. The summed E-state index contributed by atoms with van der Waals surface area (Å²) in [4.78, 5) is 45.2. The Kier molecular flexibility index (Phi) is 5.13. The summed E-state index contributed by atoms with van der Waals surface area (Å²) in [6.07, 6.45) is 4.33. The van der Waals surface area contributed by atoms with Gasteiger partial charge in [-0.3, -0.25) is 9.59 Å². The lowest BCUT2D eigenvalue weighted by Gasteiger charge is -2.16. The van der Waals surface area contributed by atoms with Crippen LogP contribution in [0.15, 0.2) is 30.6 Å². The van der Waals surface area contributed by atoms with Gasteiger partial charge in [0.2, 0.25) is 0 Å². The fourth-order valence-electron chi connectivity index (χ4n) is 2.70. The molecule has 26 heavy (non-hydrogen) atoms. The van der Waals surface area contributed by atoms with Crippen LogP contribution in [0.2, 0.25) is 5.02 Å². The number of hydrogen-bond donors (Lipinski definition) is 2. The summed E-state index contributed by atoms with van der Waals surface area (Å²) in [6.45, 7) is 1.40. The first-order valence-corrected chi connectivity index (χ1v) is 8.29. The number of likely N-dealkylation sites (tertiary alicyclic amines) is 1. The zero-order chi connectivity index (χ0) is 18.7. The van der Waals surface area contributed by atoms with Crippen molar-refractivity contribution in [3.63, 3.8) is 0 Å². The van der Waals surface area contributed by atoms with E-state index in [0.29, 0.717) is 18.7 Å². The van der Waals surface area contributed by atoms with Gasteiger partial charge in [-0.1, -0.05) is 11.6 Å². The van der Waals surface area contributed by atoms with Gasteiger partial charge in [-0.2, -0.15) is 0 Å². The van der Waals surface area contributed by atoms with E-state index in [0.717, 1.165) is 12.8 Å². The maximum atomic E-state index is 12.5. The van der Waals surface area contributed by atoms with E-state index in [4.69, 9.17) is 16.7 Å². The number of nitrogens with one attached hydrogen (secondary N) is 1. The van der Waals surface area contributed by atoms with Gasteiger partial charge < -0.3 is 15.3 Å². The van der Waals surface area contributed by atoms with Gasteiger partial charge >= 0.3 is 5.97 Å². The van der Waals surface area contributed by atoms with Crippen molar-refractivity contribution in [3.8, 4) is 0 Å². The first-order chi connectivity index (χ1) is 12.5. The van der Waals surface area contributed by atoms with E-state index in [1.807, 2.05) is 0 Å². The van der Waals surface area contributed by atoms with Crippen molar-refractivity contribution in [2.45, 2.75) is 12.8 Å². The number of aromatic carboxylic acids is 1. The highest BCUT2D eigenvalue weighted by atomic mass is 35.5. The third kappa shape index (κ3) is 3.65. The number of aromatic nitrogens is 2. The summed E-state index contributed by atoms with van der Waals surface area (Å²) in [5.41, 5.74) is -0.217. The fraction of sp³-hybridized carbons (Fsp3) is 0.235. The third-order valence-corrected chi connectivity index (χ3v) is 4.30. The lowest BCUT2D eigenvalue weighted by molar-refractivity contribution is 0.0684. The van der Waals surface area contributed by atoms with Crippen molar-refractivity contribution in [2.75, 3.05) is 18.4 Å². The molecule has 1 fully saturated rings. The number of carbonyl (C=O) groups is 3. The standard InChI is InChI=1S/C17H15ClN4O4/c18-11-4-3-10(16(24)22-7-1-2-8-22)9-12(11)21-15(23)13-14(17(25)26)20-6-5-19-13/h3-6,9H,1-2,7-8H2,(H,21,23)(H,25,26). The van der Waals surface area contributed by atoms with E-state index < -0.39 is 17.6 Å². The Morgan fingerprint density at radius 2 is 1.73 bits per heavy atom. The monoisotopic (exact) mass is 374 g/mol. The molecule has 0 saturated carbocycles. The SMILES string of the molecule is O=C(O)c1nccnc1C(=O)Nc1cc(C(=O)N2CCCC2)ccc1Cl. The highest BCUT2D eigenvalue weighted by Crippen LogP contribution is 2.25. The van der Waals surface area contributed by atoms with Gasteiger partial charge in [-0.15, -0.1) is 0 Å². The third-order valence-electron chi connectivity index (χ3n) is 3.97. The molecule has 1 aromatic heterocycles. The number of benzene rings is 1. The molecule has 2 aromatic rings. The normalized spacial score (nSPS) is 13.5. The zero-order valence-electron chi connectivity index (χ0n) is 13.6. The highest BCUT2D eigenvalue weighted by molar-refractivity contribution is 6.34. The molecule has 134 valence electrons. The van der Waals surface area contributed by atoms with Crippen LogP contribution >= 0.6 is 11.6 Å². The van der Waals surface area contributed by atoms with E-state index in [9.17, 15) is 14.4 Å². The Labute approximate surface area is 153 Å². The Balaban J connectivity index is 1.85. The van der Waals surface area contributed by atoms with Gasteiger partial charge in [-0.05, 0) is 31.0 Å². The van der Waals surface area contributed by atoms with Crippen LogP contribution in [0.25, 0.3) is 0 Å². The van der Waals surface area contributed by atoms with Gasteiger partial charge in [0.05, 0.1) is 10.7 Å². The maximum absolute atomic E-state index is 12.5. The van der Waals surface area contributed by atoms with E-state index >= 15 is 0 Å². The van der Waals surface area contributed by atoms with Gasteiger partial charge in [0.25, 0.3) is 11.8 Å². The van der Waals surface area contributed by atoms with Crippen LogP contribution in [-0.2, 0) is 0 Å². The number of amides is 2. The molecule has 0 atom stereocenters. The van der Waals surface area contributed by atoms with Crippen molar-refractivity contribution in [3.05, 3.63) is 52.6 Å². The molecule has 1 aromatic carbocycles. The van der Waals surface area contributed by atoms with Crippen LogP contribution < -0.4 is 5.32 Å². The van der Waals surface area contributed by atoms with E-state index in [1.165, 1.54) is 24.5 Å². The zero-order valence-corrected chi connectivity index (χ0v) is 14.4. The molecule has 0 radical (unpaired) electrons. The summed E-state index contributed by atoms with van der Waals surface area (Å²) in [5, 5.41) is 11.8. The van der Waals surface area contributed by atoms with Crippen molar-refractivity contribution in [1.29, 1.82) is 0 Å². The van der Waals surface area contributed by atoms with Crippen molar-refractivity contribution >= 4 is 35.1 Å². The topological polar surface area (TPSA) is 112 Å². The van der Waals surface area contributed by atoms with E-state index in [2.05, 4.69) is 15.3 Å². The molecule has 9 heteroatoms. The average molecular weight is 375 g/mol. The van der Waals surface area contributed by atoms with Gasteiger partial charge in [-0.25, -0.2) is 14.8 Å². The molecule has 1 aliphatic heterocycles. The number of carboxylic acids is 1. The summed E-state index contributed by atoms with van der Waals surface area (Å²) in [6, 6.07) is 4.57. The minimum absolute atomic E-state index is 0.139. The van der Waals surface area contributed by atoms with Crippen molar-refractivity contribution < 1.29 is 19.5 Å². The Hall–Kier alpha value is -3.00. The van der Waals surface area contributed by atoms with Gasteiger partial charge in [0, 0.05) is 31.0 Å². The van der Waals surface area contributed by atoms with Gasteiger partial charge in [0.15, 0.2) is 11.4 Å². The summed E-state index contributed by atoms with van der Waals surface area (Å²) in [7, 11) is 0. The molecular formula is C17H15ClN4O4. The number of carbonyl (C=O) groups excluding carboxylic acids is 2. The molecule has 1 aliphatic rings. The van der Waals surface area contributed by atoms with E-state index in [1.54, 1.807) is 11.0 Å². The predicted molar refractivity (Wildman–Crippen MR) is 93.5 cm³/mol. The van der Waals surface area contributed by atoms with Crippen LogP contribution in [0.3, 0.4) is 0 Å². The smallest absolute Gasteiger partial charge is 0.356 e.